The Bertz CT molecular complexity index is 441. The van der Waals surface area contributed by atoms with Crippen LogP contribution in [0, 0.1) is 6.92 Å². The van der Waals surface area contributed by atoms with Crippen LogP contribution < -0.4 is 0 Å². The van der Waals surface area contributed by atoms with Gasteiger partial charge in [0.1, 0.15) is 5.78 Å². The van der Waals surface area contributed by atoms with E-state index in [0.717, 1.165) is 38.9 Å². The minimum Gasteiger partial charge on any atom is -0.302 e. The predicted molar refractivity (Wildman–Crippen MR) is 79.7 cm³/mol. The van der Waals surface area contributed by atoms with Crippen molar-refractivity contribution in [3.05, 3.63) is 34.9 Å². The van der Waals surface area contributed by atoms with Crippen LogP contribution in [-0.4, -0.2) is 30.3 Å². The molecule has 1 heterocycles. The van der Waals surface area contributed by atoms with Crippen molar-refractivity contribution < 1.29 is 4.79 Å². The number of hydrogen-bond acceptors (Lipinski definition) is 2. The zero-order valence-electron chi connectivity index (χ0n) is 12.4. The largest absolute Gasteiger partial charge is 0.302 e. The van der Waals surface area contributed by atoms with Gasteiger partial charge in [0.25, 0.3) is 0 Å². The summed E-state index contributed by atoms with van der Waals surface area (Å²) in [5.74, 6) is 1.01. The molecule has 1 saturated heterocycles. The van der Waals surface area contributed by atoms with E-state index in [0.29, 0.717) is 11.7 Å². The number of carbonyl (C=O) groups excluding carboxylic acids is 1. The van der Waals surface area contributed by atoms with Crippen molar-refractivity contribution in [3.63, 3.8) is 0 Å². The Morgan fingerprint density at radius 1 is 1.21 bits per heavy atom. The highest BCUT2D eigenvalue weighted by Crippen LogP contribution is 2.19. The molecule has 0 N–H and O–H groups in total. The number of carbonyl (C=O) groups is 1. The number of likely N-dealkylation sites (tertiary alicyclic amines) is 1. The molecule has 1 aromatic rings. The number of aryl methyl sites for hydroxylation is 1. The van der Waals surface area contributed by atoms with Crippen LogP contribution in [0.3, 0.4) is 0 Å². The number of piperidine rings is 1. The molecular formula is C17H25NO. The fourth-order valence-electron chi connectivity index (χ4n) is 2.62. The van der Waals surface area contributed by atoms with Crippen LogP contribution in [0.5, 0.6) is 0 Å². The van der Waals surface area contributed by atoms with Gasteiger partial charge in [0.15, 0.2) is 0 Å². The van der Waals surface area contributed by atoms with Gasteiger partial charge in [-0.15, -0.1) is 0 Å². The average Bonchev–Trinajstić information content (AvgIpc) is 2.39. The first-order valence-electron chi connectivity index (χ1n) is 7.39. The van der Waals surface area contributed by atoms with Crippen molar-refractivity contribution in [2.45, 2.75) is 46.0 Å². The van der Waals surface area contributed by atoms with Crippen molar-refractivity contribution in [2.75, 3.05) is 19.6 Å². The standard InChI is InChI=1S/C17H25NO/c1-13(2)15-5-4-14(3)16(12-15)6-9-18-10-7-17(19)8-11-18/h4-5,12-13H,6-11H2,1-3H3. The average molecular weight is 259 g/mol. The summed E-state index contributed by atoms with van der Waals surface area (Å²) in [4.78, 5) is 13.6. The van der Waals surface area contributed by atoms with Gasteiger partial charge in [-0.05, 0) is 36.0 Å². The molecule has 0 amide bonds. The number of benzene rings is 1. The van der Waals surface area contributed by atoms with Gasteiger partial charge in [-0.2, -0.15) is 0 Å². The second kappa shape index (κ2) is 6.33. The van der Waals surface area contributed by atoms with Gasteiger partial charge in [-0.1, -0.05) is 32.0 Å². The molecule has 1 aliphatic heterocycles. The molecule has 0 aliphatic carbocycles. The summed E-state index contributed by atoms with van der Waals surface area (Å²) in [7, 11) is 0. The van der Waals surface area contributed by atoms with E-state index in [4.69, 9.17) is 0 Å². The number of rotatable bonds is 4. The molecule has 0 unspecified atom stereocenters. The van der Waals surface area contributed by atoms with Crippen molar-refractivity contribution in [3.8, 4) is 0 Å². The molecule has 2 heteroatoms. The van der Waals surface area contributed by atoms with Gasteiger partial charge in [0.05, 0.1) is 0 Å². The molecule has 104 valence electrons. The normalized spacial score (nSPS) is 17.2. The Balaban J connectivity index is 1.95. The Morgan fingerprint density at radius 2 is 1.89 bits per heavy atom. The van der Waals surface area contributed by atoms with Crippen molar-refractivity contribution in [2.24, 2.45) is 0 Å². The number of Topliss-reactive ketones (excluding diaryl/α,β-unsaturated/α-hetero) is 1. The zero-order valence-corrected chi connectivity index (χ0v) is 12.4. The highest BCUT2D eigenvalue weighted by atomic mass is 16.1. The van der Waals surface area contributed by atoms with E-state index < -0.39 is 0 Å². The number of hydrogen-bond donors (Lipinski definition) is 0. The molecule has 2 nitrogen and oxygen atoms in total. The minimum atomic E-state index is 0.425. The number of nitrogens with zero attached hydrogens (tertiary/aromatic N) is 1. The highest BCUT2D eigenvalue weighted by Gasteiger charge is 2.15. The summed E-state index contributed by atoms with van der Waals surface area (Å²) >= 11 is 0. The molecule has 0 radical (unpaired) electrons. The topological polar surface area (TPSA) is 20.3 Å². The van der Waals surface area contributed by atoms with Gasteiger partial charge < -0.3 is 4.90 Å². The number of ketones is 1. The lowest BCUT2D eigenvalue weighted by atomic mass is 9.96. The van der Waals surface area contributed by atoms with E-state index in [1.54, 1.807) is 0 Å². The first-order valence-corrected chi connectivity index (χ1v) is 7.39. The van der Waals surface area contributed by atoms with Crippen molar-refractivity contribution >= 4 is 5.78 Å². The third kappa shape index (κ3) is 3.90. The van der Waals surface area contributed by atoms with Crippen molar-refractivity contribution in [1.29, 1.82) is 0 Å². The fourth-order valence-corrected chi connectivity index (χ4v) is 2.62. The van der Waals surface area contributed by atoms with Gasteiger partial charge in [-0.25, -0.2) is 0 Å². The van der Waals surface area contributed by atoms with Gasteiger partial charge >= 0.3 is 0 Å². The minimum absolute atomic E-state index is 0.425. The van der Waals surface area contributed by atoms with E-state index in [-0.39, 0.29) is 0 Å². The van der Waals surface area contributed by atoms with E-state index in [1.807, 2.05) is 0 Å². The molecule has 0 spiro atoms. The van der Waals surface area contributed by atoms with E-state index in [1.165, 1.54) is 16.7 Å². The van der Waals surface area contributed by atoms with Crippen LogP contribution in [0.25, 0.3) is 0 Å². The summed E-state index contributed by atoms with van der Waals surface area (Å²) in [6.45, 7) is 9.65. The smallest absolute Gasteiger partial charge is 0.135 e. The molecular weight excluding hydrogens is 234 g/mol. The second-order valence-electron chi connectivity index (χ2n) is 5.97. The summed E-state index contributed by atoms with van der Waals surface area (Å²) in [6, 6.07) is 6.84. The summed E-state index contributed by atoms with van der Waals surface area (Å²) < 4.78 is 0. The van der Waals surface area contributed by atoms with Gasteiger partial charge in [0.2, 0.25) is 0 Å². The predicted octanol–water partition coefficient (Wildman–Crippen LogP) is 3.33. The second-order valence-corrected chi connectivity index (χ2v) is 5.97. The molecule has 0 bridgehead atoms. The summed E-state index contributed by atoms with van der Waals surface area (Å²) in [6.07, 6.45) is 2.58. The third-order valence-electron chi connectivity index (χ3n) is 4.15. The van der Waals surface area contributed by atoms with Crippen LogP contribution in [0.2, 0.25) is 0 Å². The van der Waals surface area contributed by atoms with Gasteiger partial charge in [0, 0.05) is 32.5 Å². The Morgan fingerprint density at radius 3 is 2.53 bits per heavy atom. The Hall–Kier alpha value is -1.15. The zero-order chi connectivity index (χ0) is 13.8. The van der Waals surface area contributed by atoms with Crippen LogP contribution >= 0.6 is 0 Å². The van der Waals surface area contributed by atoms with E-state index >= 15 is 0 Å². The van der Waals surface area contributed by atoms with Crippen LogP contribution in [0.4, 0.5) is 0 Å². The highest BCUT2D eigenvalue weighted by molar-refractivity contribution is 5.79. The Labute approximate surface area is 116 Å². The molecule has 19 heavy (non-hydrogen) atoms. The lowest BCUT2D eigenvalue weighted by molar-refractivity contribution is -0.121. The Kier molecular flexibility index (Phi) is 4.76. The monoisotopic (exact) mass is 259 g/mol. The third-order valence-corrected chi connectivity index (χ3v) is 4.15. The molecule has 0 saturated carbocycles. The SMILES string of the molecule is Cc1ccc(C(C)C)cc1CCN1CCC(=O)CC1. The maximum atomic E-state index is 11.2. The molecule has 0 atom stereocenters. The van der Waals surface area contributed by atoms with Gasteiger partial charge in [-0.3, -0.25) is 4.79 Å². The molecule has 1 aromatic carbocycles. The van der Waals surface area contributed by atoms with E-state index in [2.05, 4.69) is 43.9 Å². The lowest BCUT2D eigenvalue weighted by Gasteiger charge is -2.26. The fraction of sp³-hybridized carbons (Fsp3) is 0.588. The van der Waals surface area contributed by atoms with Crippen LogP contribution in [0.15, 0.2) is 18.2 Å². The quantitative estimate of drug-likeness (QED) is 0.826. The molecule has 1 fully saturated rings. The van der Waals surface area contributed by atoms with Crippen molar-refractivity contribution in [1.82, 2.24) is 4.90 Å². The first-order chi connectivity index (χ1) is 9.06. The maximum absolute atomic E-state index is 11.2. The summed E-state index contributed by atoms with van der Waals surface area (Å²) in [5.41, 5.74) is 4.27. The summed E-state index contributed by atoms with van der Waals surface area (Å²) in [5, 5.41) is 0. The van der Waals surface area contributed by atoms with E-state index in [9.17, 15) is 4.79 Å². The molecule has 2 rings (SSSR count). The maximum Gasteiger partial charge on any atom is 0.135 e. The molecule has 1 aliphatic rings. The first kappa shape index (κ1) is 14.3. The van der Waals surface area contributed by atoms with Crippen LogP contribution in [0.1, 0.15) is 49.3 Å². The molecule has 0 aromatic heterocycles. The lowest BCUT2D eigenvalue weighted by Crippen LogP contribution is -2.35. The van der Waals surface area contributed by atoms with Crippen LogP contribution in [-0.2, 0) is 11.2 Å².